The van der Waals surface area contributed by atoms with Crippen LogP contribution in [0.3, 0.4) is 0 Å². The number of methoxy groups -OCH3 is 1. The molecule has 2 atom stereocenters. The van der Waals surface area contributed by atoms with E-state index in [1.165, 1.54) is 0 Å². The third-order valence-electron chi connectivity index (χ3n) is 7.55. The van der Waals surface area contributed by atoms with Gasteiger partial charge in [0.1, 0.15) is 24.2 Å². The van der Waals surface area contributed by atoms with Crippen LogP contribution in [0.5, 0.6) is 11.5 Å². The molecular formula is C28H36N2O5. The Bertz CT molecular complexity index is 1050. The average Bonchev–Trinajstić information content (AvgIpc) is 2.87. The summed E-state index contributed by atoms with van der Waals surface area (Å²) in [6, 6.07) is 14.0. The van der Waals surface area contributed by atoms with Gasteiger partial charge in [-0.25, -0.2) is 4.79 Å². The summed E-state index contributed by atoms with van der Waals surface area (Å²) in [5.74, 6) is 2.08. The first-order valence-electron chi connectivity index (χ1n) is 12.6. The van der Waals surface area contributed by atoms with Gasteiger partial charge in [0.05, 0.1) is 19.3 Å². The molecule has 4 aliphatic rings. The first kappa shape index (κ1) is 23.9. The van der Waals surface area contributed by atoms with Gasteiger partial charge >= 0.3 is 6.09 Å². The van der Waals surface area contributed by atoms with E-state index >= 15 is 0 Å². The number of carbonyl (C=O) groups is 1. The van der Waals surface area contributed by atoms with Gasteiger partial charge in [0.15, 0.2) is 0 Å². The zero-order chi connectivity index (χ0) is 24.4. The van der Waals surface area contributed by atoms with Gasteiger partial charge in [-0.1, -0.05) is 38.1 Å². The van der Waals surface area contributed by atoms with Crippen molar-refractivity contribution in [3.8, 4) is 22.6 Å². The maximum absolute atomic E-state index is 13.0. The fraction of sp³-hybridized carbons (Fsp3) is 0.536. The van der Waals surface area contributed by atoms with E-state index in [0.29, 0.717) is 25.7 Å². The molecule has 0 aliphatic carbocycles. The zero-order valence-electron chi connectivity index (χ0n) is 20.9. The summed E-state index contributed by atoms with van der Waals surface area (Å²) in [5.41, 5.74) is 2.79. The Hall–Kier alpha value is -2.77. The van der Waals surface area contributed by atoms with Gasteiger partial charge in [-0.3, -0.25) is 4.90 Å². The van der Waals surface area contributed by atoms with Crippen molar-refractivity contribution in [3.05, 3.63) is 48.0 Å². The summed E-state index contributed by atoms with van der Waals surface area (Å²) >= 11 is 0. The van der Waals surface area contributed by atoms with E-state index in [0.717, 1.165) is 60.7 Å². The number of benzene rings is 2. The number of amides is 1. The predicted octanol–water partition coefficient (Wildman–Crippen LogP) is 4.66. The summed E-state index contributed by atoms with van der Waals surface area (Å²) in [5, 5.41) is 3.18. The molecule has 2 aromatic carbocycles. The molecule has 0 saturated carbocycles. The number of carbonyl (C=O) groups excluding carboxylic acids is 1. The summed E-state index contributed by atoms with van der Waals surface area (Å²) in [7, 11) is 1.66. The van der Waals surface area contributed by atoms with Crippen LogP contribution in [0, 0.1) is 11.3 Å². The molecule has 0 spiro atoms. The topological polar surface area (TPSA) is 69.3 Å². The molecule has 3 saturated heterocycles. The highest BCUT2D eigenvalue weighted by atomic mass is 16.6. The molecule has 2 bridgehead atoms. The molecule has 6 rings (SSSR count). The van der Waals surface area contributed by atoms with Crippen molar-refractivity contribution in [2.24, 2.45) is 11.3 Å². The third-order valence-corrected chi connectivity index (χ3v) is 7.55. The number of hydrogen-bond donors (Lipinski definition) is 1. The number of fused-ring (bicyclic) bond motifs is 4. The zero-order valence-corrected chi connectivity index (χ0v) is 20.9. The summed E-state index contributed by atoms with van der Waals surface area (Å²) in [6.45, 7) is 8.88. The van der Waals surface area contributed by atoms with E-state index < -0.39 is 0 Å². The van der Waals surface area contributed by atoms with Gasteiger partial charge in [-0.15, -0.1) is 0 Å². The van der Waals surface area contributed by atoms with Crippen molar-refractivity contribution >= 4 is 6.09 Å². The highest BCUT2D eigenvalue weighted by Gasteiger charge is 2.41. The third kappa shape index (κ3) is 5.26. The second-order valence-corrected chi connectivity index (χ2v) is 10.6. The summed E-state index contributed by atoms with van der Waals surface area (Å²) < 4.78 is 22.9. The van der Waals surface area contributed by atoms with Crippen LogP contribution >= 0.6 is 0 Å². The second kappa shape index (κ2) is 10.1. The smallest absolute Gasteiger partial charge is 0.407 e. The number of alkyl carbamates (subject to hydrolysis) is 1. The van der Waals surface area contributed by atoms with Gasteiger partial charge < -0.3 is 24.3 Å². The quantitative estimate of drug-likeness (QED) is 0.582. The molecule has 7 nitrogen and oxygen atoms in total. The van der Waals surface area contributed by atoms with E-state index in [1.807, 2.05) is 24.3 Å². The van der Waals surface area contributed by atoms with E-state index in [1.54, 1.807) is 7.11 Å². The Morgan fingerprint density at radius 3 is 2.66 bits per heavy atom. The molecule has 2 aromatic rings. The fourth-order valence-electron chi connectivity index (χ4n) is 5.46. The van der Waals surface area contributed by atoms with Crippen LogP contribution in [-0.2, 0) is 9.47 Å². The maximum atomic E-state index is 13.0. The average molecular weight is 481 g/mol. The summed E-state index contributed by atoms with van der Waals surface area (Å²) in [6.07, 6.45) is 1.89. The number of nitrogens with zero attached hydrogens (tertiary/aromatic N) is 1. The molecule has 1 N–H and O–H groups in total. The van der Waals surface area contributed by atoms with Crippen molar-refractivity contribution < 1.29 is 23.7 Å². The Kier molecular flexibility index (Phi) is 6.89. The SMILES string of the molecule is COCCOc1cccc(-c2ccc3c(c2)OCC(C)(C)C3NC(=O)O[C@H]2CN3CCC2CC3)c1. The number of hydrogen-bond acceptors (Lipinski definition) is 6. The molecule has 188 valence electrons. The monoisotopic (exact) mass is 480 g/mol. The van der Waals surface area contributed by atoms with Gasteiger partial charge in [0.2, 0.25) is 0 Å². The molecular weight excluding hydrogens is 444 g/mol. The van der Waals surface area contributed by atoms with Crippen LogP contribution in [-0.4, -0.2) is 63.7 Å². The van der Waals surface area contributed by atoms with Crippen LogP contribution in [0.1, 0.15) is 38.3 Å². The Labute approximate surface area is 207 Å². The number of ether oxygens (including phenoxy) is 4. The molecule has 4 aliphatic heterocycles. The number of piperidine rings is 3. The number of rotatable bonds is 7. The van der Waals surface area contributed by atoms with E-state index in [4.69, 9.17) is 18.9 Å². The van der Waals surface area contributed by atoms with Crippen LogP contribution in [0.25, 0.3) is 11.1 Å². The van der Waals surface area contributed by atoms with Gasteiger partial charge in [0, 0.05) is 24.6 Å². The van der Waals surface area contributed by atoms with Crippen LogP contribution < -0.4 is 14.8 Å². The lowest BCUT2D eigenvalue weighted by atomic mass is 9.78. The van der Waals surface area contributed by atoms with Crippen molar-refractivity contribution in [3.63, 3.8) is 0 Å². The lowest BCUT2D eigenvalue weighted by Crippen LogP contribution is -2.53. The normalized spacial score (nSPS) is 26.4. The van der Waals surface area contributed by atoms with E-state index in [9.17, 15) is 4.79 Å². The minimum atomic E-state index is -0.334. The van der Waals surface area contributed by atoms with Crippen molar-refractivity contribution in [2.75, 3.05) is 46.6 Å². The molecule has 7 heteroatoms. The molecule has 0 aromatic heterocycles. The van der Waals surface area contributed by atoms with Gasteiger partial charge in [-0.2, -0.15) is 0 Å². The minimum Gasteiger partial charge on any atom is -0.493 e. The maximum Gasteiger partial charge on any atom is 0.407 e. The van der Waals surface area contributed by atoms with Crippen LogP contribution in [0.2, 0.25) is 0 Å². The fourth-order valence-corrected chi connectivity index (χ4v) is 5.46. The Balaban J connectivity index is 1.31. The van der Waals surface area contributed by atoms with Crippen LogP contribution in [0.15, 0.2) is 42.5 Å². The Morgan fingerprint density at radius 1 is 1.11 bits per heavy atom. The van der Waals surface area contributed by atoms with Crippen molar-refractivity contribution in [1.29, 1.82) is 0 Å². The molecule has 3 fully saturated rings. The highest BCUT2D eigenvalue weighted by molar-refractivity contribution is 5.71. The standard InChI is InChI=1S/C28H36N2O5/c1-28(2)18-34-24-16-21(20-5-4-6-22(15-20)33-14-13-32-3)7-8-23(24)26(28)29-27(31)35-25-17-30-11-9-19(25)10-12-30/h4-8,15-16,19,25-26H,9-14,17-18H2,1-3H3,(H,29,31)/t25-,26?/m0/s1. The van der Waals surface area contributed by atoms with Gasteiger partial charge in [-0.05, 0) is 61.2 Å². The minimum absolute atomic E-state index is 0.0133. The van der Waals surface area contributed by atoms with E-state index in [2.05, 4.69) is 42.3 Å². The number of nitrogens with one attached hydrogen (secondary N) is 1. The molecule has 0 radical (unpaired) electrons. The van der Waals surface area contributed by atoms with Crippen molar-refractivity contribution in [2.45, 2.75) is 38.8 Å². The molecule has 4 heterocycles. The largest absolute Gasteiger partial charge is 0.493 e. The van der Waals surface area contributed by atoms with E-state index in [-0.39, 0.29) is 23.7 Å². The Morgan fingerprint density at radius 2 is 1.91 bits per heavy atom. The second-order valence-electron chi connectivity index (χ2n) is 10.6. The van der Waals surface area contributed by atoms with Crippen LogP contribution in [0.4, 0.5) is 4.79 Å². The first-order chi connectivity index (χ1) is 16.9. The lowest BCUT2D eigenvalue weighted by molar-refractivity contribution is -0.0361. The van der Waals surface area contributed by atoms with Gasteiger partial charge in [0.25, 0.3) is 0 Å². The van der Waals surface area contributed by atoms with Crippen molar-refractivity contribution in [1.82, 2.24) is 10.2 Å². The highest BCUT2D eigenvalue weighted by Crippen LogP contribution is 2.44. The molecule has 1 amide bonds. The first-order valence-corrected chi connectivity index (χ1v) is 12.6. The predicted molar refractivity (Wildman–Crippen MR) is 134 cm³/mol. The molecule has 1 unspecified atom stereocenters. The summed E-state index contributed by atoms with van der Waals surface area (Å²) in [4.78, 5) is 15.4. The lowest BCUT2D eigenvalue weighted by Gasteiger charge is -2.44. The molecule has 35 heavy (non-hydrogen) atoms.